The topological polar surface area (TPSA) is 73.6 Å². The Kier molecular flexibility index (Phi) is 7.34. The average Bonchev–Trinajstić information content (AvgIpc) is 3.15. The minimum Gasteiger partial charge on any atom is -0.436 e. The van der Waals surface area contributed by atoms with E-state index in [1.807, 2.05) is 0 Å². The molecule has 168 valence electrons. The zero-order valence-electron chi connectivity index (χ0n) is 16.2. The van der Waals surface area contributed by atoms with Gasteiger partial charge < -0.3 is 14.5 Å². The molecule has 0 bridgehead atoms. The normalized spacial score (nSPS) is 18.5. The molecule has 1 aliphatic rings. The highest BCUT2D eigenvalue weighted by atomic mass is 35.5. The summed E-state index contributed by atoms with van der Waals surface area (Å²) in [5, 5.41) is 2.62. The van der Waals surface area contributed by atoms with Gasteiger partial charge in [0.25, 0.3) is 0 Å². The quantitative estimate of drug-likeness (QED) is 0.545. The fourth-order valence-corrected chi connectivity index (χ4v) is 2.98. The van der Waals surface area contributed by atoms with Crippen LogP contribution in [0.1, 0.15) is 25.0 Å². The number of amides is 1. The number of hydrogen-bond acceptors (Lipinski definition) is 5. The van der Waals surface area contributed by atoms with E-state index in [2.05, 4.69) is 21.6 Å². The van der Waals surface area contributed by atoms with Gasteiger partial charge in [-0.25, -0.2) is 9.37 Å². The molecule has 1 saturated carbocycles. The lowest BCUT2D eigenvalue weighted by Gasteiger charge is -2.34. The zero-order chi connectivity index (χ0) is 22.6. The van der Waals surface area contributed by atoms with E-state index in [0.29, 0.717) is 23.3 Å². The van der Waals surface area contributed by atoms with Crippen molar-refractivity contribution in [2.24, 2.45) is 0 Å². The molecule has 0 aliphatic heterocycles. The fraction of sp³-hybridized carbons (Fsp3) is 0.400. The number of carbonyl (C=O) groups is 1. The smallest absolute Gasteiger partial charge is 0.436 e. The van der Waals surface area contributed by atoms with Gasteiger partial charge in [-0.15, -0.1) is 13.2 Å². The third-order valence-electron chi connectivity index (χ3n) is 4.57. The molecule has 11 heteroatoms. The largest absolute Gasteiger partial charge is 0.522 e. The highest BCUT2D eigenvalue weighted by molar-refractivity contribution is 6.30. The zero-order valence-corrected chi connectivity index (χ0v) is 16.9. The molecule has 31 heavy (non-hydrogen) atoms. The van der Waals surface area contributed by atoms with Crippen molar-refractivity contribution in [3.05, 3.63) is 47.6 Å². The summed E-state index contributed by atoms with van der Waals surface area (Å²) in [7, 11) is 0. The number of aromatic nitrogens is 1. The Labute approximate surface area is 180 Å². The summed E-state index contributed by atoms with van der Waals surface area (Å²) < 4.78 is 64.4. The maximum Gasteiger partial charge on any atom is 0.522 e. The van der Waals surface area contributed by atoms with E-state index in [1.165, 1.54) is 18.3 Å². The van der Waals surface area contributed by atoms with E-state index in [4.69, 9.17) is 20.8 Å². The maximum absolute atomic E-state index is 13.6. The summed E-state index contributed by atoms with van der Waals surface area (Å²) in [5.41, 5.74) is 0.991. The molecule has 1 heterocycles. The number of hydrogen-bond donors (Lipinski definition) is 1. The van der Waals surface area contributed by atoms with Crippen LogP contribution in [0.4, 0.5) is 17.6 Å². The highest BCUT2D eigenvalue weighted by Crippen LogP contribution is 2.32. The van der Waals surface area contributed by atoms with E-state index < -0.39 is 30.3 Å². The monoisotopic (exact) mass is 462 g/mol. The minimum atomic E-state index is -4.66. The molecule has 1 aliphatic carbocycles. The van der Waals surface area contributed by atoms with Gasteiger partial charge in [0.05, 0.1) is 23.4 Å². The number of ether oxygens (including phenoxy) is 2. The number of benzene rings is 1. The first kappa shape index (κ1) is 23.2. The molecule has 0 spiro atoms. The first-order chi connectivity index (χ1) is 14.6. The van der Waals surface area contributed by atoms with Crippen LogP contribution >= 0.6 is 11.6 Å². The predicted molar refractivity (Wildman–Crippen MR) is 103 cm³/mol. The second kappa shape index (κ2) is 9.80. The Morgan fingerprint density at radius 2 is 2.06 bits per heavy atom. The van der Waals surface area contributed by atoms with Crippen molar-refractivity contribution in [1.82, 2.24) is 10.3 Å². The Morgan fingerprint density at radius 1 is 1.32 bits per heavy atom. The van der Waals surface area contributed by atoms with Crippen molar-refractivity contribution in [3.8, 4) is 11.5 Å². The summed E-state index contributed by atoms with van der Waals surface area (Å²) in [6.45, 7) is 3.86. The summed E-state index contributed by atoms with van der Waals surface area (Å²) in [4.78, 5) is 15.9. The van der Waals surface area contributed by atoms with E-state index in [9.17, 15) is 22.4 Å². The van der Waals surface area contributed by atoms with Gasteiger partial charge in [0.1, 0.15) is 12.4 Å². The van der Waals surface area contributed by atoms with Gasteiger partial charge in [-0.1, -0.05) is 18.2 Å². The molecule has 2 aromatic rings. The van der Waals surface area contributed by atoms with Crippen molar-refractivity contribution in [2.75, 3.05) is 13.2 Å². The van der Waals surface area contributed by atoms with Gasteiger partial charge in [-0.3, -0.25) is 9.53 Å². The van der Waals surface area contributed by atoms with E-state index in [0.717, 1.165) is 0 Å². The van der Waals surface area contributed by atoms with Gasteiger partial charge in [-0.2, -0.15) is 0 Å². The van der Waals surface area contributed by atoms with Crippen molar-refractivity contribution < 1.29 is 36.2 Å². The summed E-state index contributed by atoms with van der Waals surface area (Å²) in [6, 6.07) is 4.18. The summed E-state index contributed by atoms with van der Waals surface area (Å²) in [5.74, 6) is -0.394. The number of nitrogens with one attached hydrogen (secondary N) is 1. The standard InChI is InChI=1S/C20H19ClF4N2O4/c1-11(17-9-27-19(30-17)12-2-3-15(21)16(22)6-12)4-5-26-18(28)10-29-13-7-14(8-13)31-20(23,24)25/h2-3,6,9,13-14H,1,4-5,7-8,10H2,(H,26,28). The number of alkyl halides is 3. The molecule has 0 saturated heterocycles. The molecule has 1 aromatic carbocycles. The van der Waals surface area contributed by atoms with E-state index >= 15 is 0 Å². The predicted octanol–water partition coefficient (Wildman–Crippen LogP) is 4.74. The SMILES string of the molecule is C=C(CCNC(=O)COC1CC(OC(F)(F)F)C1)c1cnc(-c2ccc(Cl)c(F)c2)o1. The van der Waals surface area contributed by atoms with Crippen LogP contribution in [0.3, 0.4) is 0 Å². The van der Waals surface area contributed by atoms with E-state index in [1.54, 1.807) is 6.07 Å². The molecule has 3 rings (SSSR count). The van der Waals surface area contributed by atoms with Gasteiger partial charge >= 0.3 is 6.36 Å². The second-order valence-electron chi connectivity index (χ2n) is 6.95. The van der Waals surface area contributed by atoms with Gasteiger partial charge in [0, 0.05) is 24.9 Å². The molecule has 0 radical (unpaired) electrons. The van der Waals surface area contributed by atoms with Crippen LogP contribution in [0.25, 0.3) is 17.0 Å². The molecular formula is C20H19ClF4N2O4. The number of halogens is 5. The first-order valence-electron chi connectivity index (χ1n) is 9.33. The Morgan fingerprint density at radius 3 is 2.74 bits per heavy atom. The summed E-state index contributed by atoms with van der Waals surface area (Å²) in [6.07, 6.45) is -4.02. The molecule has 0 atom stereocenters. The lowest BCUT2D eigenvalue weighted by molar-refractivity contribution is -0.357. The molecule has 6 nitrogen and oxygen atoms in total. The van der Waals surface area contributed by atoms with Crippen LogP contribution < -0.4 is 5.32 Å². The Bertz CT molecular complexity index is 942. The molecule has 1 fully saturated rings. The lowest BCUT2D eigenvalue weighted by atomic mass is 9.92. The molecular weight excluding hydrogens is 444 g/mol. The van der Waals surface area contributed by atoms with E-state index in [-0.39, 0.29) is 36.9 Å². The fourth-order valence-electron chi connectivity index (χ4n) is 2.86. The van der Waals surface area contributed by atoms with Crippen molar-refractivity contribution in [1.29, 1.82) is 0 Å². The van der Waals surface area contributed by atoms with Crippen molar-refractivity contribution >= 4 is 23.1 Å². The average molecular weight is 463 g/mol. The first-order valence-corrected chi connectivity index (χ1v) is 9.71. The van der Waals surface area contributed by atoms with Crippen molar-refractivity contribution in [2.45, 2.75) is 37.8 Å². The van der Waals surface area contributed by atoms with Crippen molar-refractivity contribution in [3.63, 3.8) is 0 Å². The van der Waals surface area contributed by atoms with Gasteiger partial charge in [0.15, 0.2) is 5.76 Å². The second-order valence-corrected chi connectivity index (χ2v) is 7.36. The summed E-state index contributed by atoms with van der Waals surface area (Å²) >= 11 is 5.66. The highest BCUT2D eigenvalue weighted by Gasteiger charge is 2.40. The van der Waals surface area contributed by atoms with Crippen LogP contribution in [-0.4, -0.2) is 42.6 Å². The minimum absolute atomic E-state index is 0.00794. The molecule has 1 amide bonds. The lowest BCUT2D eigenvalue weighted by Crippen LogP contribution is -2.42. The molecule has 1 aromatic heterocycles. The van der Waals surface area contributed by atoms with Crippen LogP contribution in [0.2, 0.25) is 5.02 Å². The third kappa shape index (κ3) is 6.78. The number of oxazole rings is 1. The maximum atomic E-state index is 13.6. The third-order valence-corrected chi connectivity index (χ3v) is 4.88. The van der Waals surface area contributed by atoms with Crippen LogP contribution in [0, 0.1) is 5.82 Å². The molecule has 0 unspecified atom stereocenters. The Balaban J connectivity index is 1.35. The molecule has 1 N–H and O–H groups in total. The van der Waals surface area contributed by atoms with Crippen LogP contribution in [0.15, 0.2) is 35.4 Å². The number of nitrogens with zero attached hydrogens (tertiary/aromatic N) is 1. The number of carbonyl (C=O) groups excluding carboxylic acids is 1. The van der Waals surface area contributed by atoms with Gasteiger partial charge in [0.2, 0.25) is 11.8 Å². The van der Waals surface area contributed by atoms with Crippen LogP contribution in [0.5, 0.6) is 0 Å². The van der Waals surface area contributed by atoms with Gasteiger partial charge in [-0.05, 0) is 30.2 Å². The Hall–Kier alpha value is -2.43. The van der Waals surface area contributed by atoms with Crippen LogP contribution in [-0.2, 0) is 14.3 Å². The number of rotatable bonds is 9.